The lowest BCUT2D eigenvalue weighted by molar-refractivity contribution is 0.0474. The Hall–Kier alpha value is -3.15. The number of amides is 2. The molecular formula is C19H20N2O4. The highest BCUT2D eigenvalue weighted by Crippen LogP contribution is 2.17. The molecule has 0 spiro atoms. The second kappa shape index (κ2) is 7.61. The van der Waals surface area contributed by atoms with Crippen molar-refractivity contribution in [3.8, 4) is 0 Å². The number of aryl methyl sites for hydroxylation is 3. The average Bonchev–Trinajstić information content (AvgIpc) is 2.51. The smallest absolute Gasteiger partial charge is 0.338 e. The van der Waals surface area contributed by atoms with Crippen molar-refractivity contribution in [2.75, 3.05) is 11.9 Å². The number of primary amides is 1. The molecule has 0 saturated carbocycles. The van der Waals surface area contributed by atoms with E-state index in [1.54, 1.807) is 0 Å². The molecule has 3 N–H and O–H groups in total. The first kappa shape index (κ1) is 18.2. The number of nitrogens with two attached hydrogens (primary N) is 1. The molecule has 0 aliphatic rings. The Morgan fingerprint density at radius 3 is 2.08 bits per heavy atom. The number of carbonyl (C=O) groups excluding carboxylic acids is 3. The molecule has 2 aromatic rings. The first-order chi connectivity index (χ1) is 11.8. The van der Waals surface area contributed by atoms with E-state index in [0.29, 0.717) is 11.3 Å². The van der Waals surface area contributed by atoms with Crippen molar-refractivity contribution in [1.29, 1.82) is 0 Å². The van der Waals surface area contributed by atoms with Crippen LogP contribution in [-0.2, 0) is 4.74 Å². The molecule has 0 atom stereocenters. The van der Waals surface area contributed by atoms with Gasteiger partial charge in [-0.1, -0.05) is 17.7 Å². The number of ether oxygens (including phenoxy) is 1. The van der Waals surface area contributed by atoms with E-state index in [9.17, 15) is 14.4 Å². The lowest BCUT2D eigenvalue weighted by Gasteiger charge is -2.11. The third-order valence-corrected chi connectivity index (χ3v) is 3.68. The van der Waals surface area contributed by atoms with E-state index in [4.69, 9.17) is 10.5 Å². The van der Waals surface area contributed by atoms with Crippen LogP contribution in [0.2, 0.25) is 0 Å². The fourth-order valence-electron chi connectivity index (χ4n) is 2.74. The molecule has 25 heavy (non-hydrogen) atoms. The van der Waals surface area contributed by atoms with Crippen molar-refractivity contribution in [2.24, 2.45) is 5.73 Å². The van der Waals surface area contributed by atoms with Gasteiger partial charge in [0, 0.05) is 11.3 Å². The van der Waals surface area contributed by atoms with Crippen LogP contribution in [0.3, 0.4) is 0 Å². The third kappa shape index (κ3) is 4.67. The van der Waals surface area contributed by atoms with Gasteiger partial charge in [-0.3, -0.25) is 4.79 Å². The lowest BCUT2D eigenvalue weighted by atomic mass is 9.97. The van der Waals surface area contributed by atoms with Crippen molar-refractivity contribution in [3.63, 3.8) is 0 Å². The summed E-state index contributed by atoms with van der Waals surface area (Å²) in [5, 5.41) is 2.39. The molecule has 2 rings (SSSR count). The Labute approximate surface area is 146 Å². The van der Waals surface area contributed by atoms with Crippen LogP contribution in [0.5, 0.6) is 0 Å². The van der Waals surface area contributed by atoms with Crippen LogP contribution in [0.25, 0.3) is 0 Å². The topological polar surface area (TPSA) is 98.5 Å². The molecule has 0 saturated heterocycles. The predicted octanol–water partition coefficient (Wildman–Crippen LogP) is 3.14. The minimum atomic E-state index is -0.690. The van der Waals surface area contributed by atoms with Crippen LogP contribution >= 0.6 is 0 Å². The molecule has 2 amide bonds. The monoisotopic (exact) mass is 340 g/mol. The molecule has 0 unspecified atom stereocenters. The molecule has 0 radical (unpaired) electrons. The zero-order valence-corrected chi connectivity index (χ0v) is 14.4. The van der Waals surface area contributed by atoms with Gasteiger partial charge in [-0.2, -0.15) is 0 Å². The van der Waals surface area contributed by atoms with Gasteiger partial charge in [0.15, 0.2) is 6.61 Å². The lowest BCUT2D eigenvalue weighted by Crippen LogP contribution is -2.19. The van der Waals surface area contributed by atoms with Gasteiger partial charge in [0.25, 0.3) is 0 Å². The van der Waals surface area contributed by atoms with Gasteiger partial charge in [-0.15, -0.1) is 0 Å². The highest BCUT2D eigenvalue weighted by molar-refractivity contribution is 6.01. The fourth-order valence-corrected chi connectivity index (χ4v) is 2.74. The summed E-state index contributed by atoms with van der Waals surface area (Å²) >= 11 is 0. The number of ketones is 1. The molecule has 0 aliphatic heterocycles. The Bertz CT molecular complexity index is 803. The van der Waals surface area contributed by atoms with Gasteiger partial charge in [0.2, 0.25) is 5.78 Å². The maximum atomic E-state index is 12.4. The van der Waals surface area contributed by atoms with E-state index in [0.717, 1.165) is 16.7 Å². The quantitative estimate of drug-likeness (QED) is 0.645. The van der Waals surface area contributed by atoms with Crippen molar-refractivity contribution in [2.45, 2.75) is 20.8 Å². The Morgan fingerprint density at radius 2 is 1.56 bits per heavy atom. The third-order valence-electron chi connectivity index (χ3n) is 3.68. The van der Waals surface area contributed by atoms with E-state index in [1.165, 1.54) is 24.3 Å². The Balaban J connectivity index is 2.02. The summed E-state index contributed by atoms with van der Waals surface area (Å²) in [6.45, 7) is 5.36. The van der Waals surface area contributed by atoms with Gasteiger partial charge in [0.05, 0.1) is 5.56 Å². The van der Waals surface area contributed by atoms with E-state index in [1.807, 2.05) is 32.9 Å². The summed E-state index contributed by atoms with van der Waals surface area (Å²) in [6, 6.07) is 9.18. The van der Waals surface area contributed by atoms with Crippen molar-refractivity contribution in [3.05, 3.63) is 64.2 Å². The summed E-state index contributed by atoms with van der Waals surface area (Å²) < 4.78 is 5.10. The van der Waals surface area contributed by atoms with E-state index < -0.39 is 12.0 Å². The second-order valence-corrected chi connectivity index (χ2v) is 5.84. The molecule has 2 aromatic carbocycles. The maximum absolute atomic E-state index is 12.4. The maximum Gasteiger partial charge on any atom is 0.338 e. The van der Waals surface area contributed by atoms with E-state index in [-0.39, 0.29) is 18.0 Å². The molecular weight excluding hydrogens is 320 g/mol. The molecule has 0 fully saturated rings. The number of nitrogens with one attached hydrogen (secondary N) is 1. The number of Topliss-reactive ketones (excluding diaryl/α,β-unsaturated/α-hetero) is 1. The van der Waals surface area contributed by atoms with Crippen LogP contribution < -0.4 is 11.1 Å². The first-order valence-corrected chi connectivity index (χ1v) is 7.72. The molecule has 6 heteroatoms. The highest BCUT2D eigenvalue weighted by Gasteiger charge is 2.16. The normalized spacial score (nSPS) is 10.2. The number of carbonyl (C=O) groups is 3. The summed E-state index contributed by atoms with van der Waals surface area (Å²) in [5.74, 6) is -0.850. The van der Waals surface area contributed by atoms with Crippen LogP contribution in [0.15, 0.2) is 36.4 Å². The zero-order valence-electron chi connectivity index (χ0n) is 14.4. The van der Waals surface area contributed by atoms with Gasteiger partial charge >= 0.3 is 12.0 Å². The van der Waals surface area contributed by atoms with Crippen LogP contribution in [0.1, 0.15) is 37.4 Å². The summed E-state index contributed by atoms with van der Waals surface area (Å²) in [7, 11) is 0. The largest absolute Gasteiger partial charge is 0.454 e. The van der Waals surface area contributed by atoms with Crippen molar-refractivity contribution in [1.82, 2.24) is 0 Å². The van der Waals surface area contributed by atoms with E-state index in [2.05, 4.69) is 5.32 Å². The Morgan fingerprint density at radius 1 is 1.00 bits per heavy atom. The second-order valence-electron chi connectivity index (χ2n) is 5.84. The minimum Gasteiger partial charge on any atom is -0.454 e. The van der Waals surface area contributed by atoms with Gasteiger partial charge in [0.1, 0.15) is 0 Å². The fraction of sp³-hybridized carbons (Fsp3) is 0.211. The van der Waals surface area contributed by atoms with Gasteiger partial charge in [-0.05, 0) is 56.2 Å². The van der Waals surface area contributed by atoms with Crippen LogP contribution in [-0.4, -0.2) is 24.4 Å². The standard InChI is InChI=1S/C19H20N2O4/c1-11-8-12(2)17(13(3)9-11)16(22)10-25-18(23)14-4-6-15(7-5-14)21-19(20)24/h4-9H,10H2,1-3H3,(H3,20,21,24). The molecule has 6 nitrogen and oxygen atoms in total. The number of hydrogen-bond acceptors (Lipinski definition) is 4. The van der Waals surface area contributed by atoms with Gasteiger partial charge < -0.3 is 15.8 Å². The number of urea groups is 1. The summed E-state index contributed by atoms with van der Waals surface area (Å²) in [4.78, 5) is 35.2. The average molecular weight is 340 g/mol. The molecule has 0 aliphatic carbocycles. The summed E-state index contributed by atoms with van der Waals surface area (Å²) in [6.07, 6.45) is 0. The number of rotatable bonds is 5. The van der Waals surface area contributed by atoms with Crippen LogP contribution in [0.4, 0.5) is 10.5 Å². The first-order valence-electron chi connectivity index (χ1n) is 7.72. The minimum absolute atomic E-state index is 0.240. The number of esters is 1. The van der Waals surface area contributed by atoms with Crippen molar-refractivity contribution < 1.29 is 19.1 Å². The summed E-state index contributed by atoms with van der Waals surface area (Å²) in [5.41, 5.74) is 9.14. The van der Waals surface area contributed by atoms with Crippen molar-refractivity contribution >= 4 is 23.5 Å². The molecule has 0 aromatic heterocycles. The highest BCUT2D eigenvalue weighted by atomic mass is 16.5. The number of hydrogen-bond donors (Lipinski definition) is 2. The number of anilines is 1. The molecule has 0 bridgehead atoms. The van der Waals surface area contributed by atoms with Gasteiger partial charge in [-0.25, -0.2) is 9.59 Å². The SMILES string of the molecule is Cc1cc(C)c(C(=O)COC(=O)c2ccc(NC(N)=O)cc2)c(C)c1. The van der Waals surface area contributed by atoms with E-state index >= 15 is 0 Å². The molecule has 130 valence electrons. The molecule has 0 heterocycles. The number of benzene rings is 2. The van der Waals surface area contributed by atoms with Crippen LogP contribution in [0, 0.1) is 20.8 Å². The predicted molar refractivity (Wildman–Crippen MR) is 94.9 cm³/mol. The zero-order chi connectivity index (χ0) is 18.6. The Kier molecular flexibility index (Phi) is 5.54.